The summed E-state index contributed by atoms with van der Waals surface area (Å²) in [6, 6.07) is 24.3. The van der Waals surface area contributed by atoms with Gasteiger partial charge in [-0.25, -0.2) is 13.1 Å². The fourth-order valence-corrected chi connectivity index (χ4v) is 7.75. The second-order valence-corrected chi connectivity index (χ2v) is 13.0. The number of aromatic nitrogens is 3. The minimum atomic E-state index is -3.72. The van der Waals surface area contributed by atoms with E-state index in [0.29, 0.717) is 31.0 Å². The lowest BCUT2D eigenvalue weighted by Gasteiger charge is -2.32. The van der Waals surface area contributed by atoms with E-state index in [1.165, 1.54) is 16.7 Å². The van der Waals surface area contributed by atoms with Crippen molar-refractivity contribution < 1.29 is 8.42 Å². The average molecular weight is 573 g/mol. The van der Waals surface area contributed by atoms with Crippen LogP contribution in [0.15, 0.2) is 101 Å². The molecule has 204 valence electrons. The lowest BCUT2D eigenvalue weighted by molar-refractivity contribution is 0.413. The molecule has 40 heavy (non-hydrogen) atoms. The molecule has 0 saturated carbocycles. The maximum absolute atomic E-state index is 13.7. The summed E-state index contributed by atoms with van der Waals surface area (Å²) in [5.74, 6) is 0. The lowest BCUT2D eigenvalue weighted by Crippen LogP contribution is -2.36. The number of sulfonamides is 1. The number of fused-ring (bicyclic) bond motifs is 1. The summed E-state index contributed by atoms with van der Waals surface area (Å²) in [4.78, 5) is 12.1. The number of aryl methyl sites for hydroxylation is 2. The first kappa shape index (κ1) is 26.5. The Labute approximate surface area is 238 Å². The molecule has 0 amide bonds. The normalized spacial score (nSPS) is 18.0. The highest BCUT2D eigenvalue weighted by molar-refractivity contribution is 7.89. The SMILES string of the molecule is Cc1cc2c(cnn2-c2ccc(=O)n(C)c2)cc1C1(Cc2ccccc2)CCN(S(=O)(=O)c2cccc(Cl)c2)C1. The summed E-state index contributed by atoms with van der Waals surface area (Å²) >= 11 is 6.15. The highest BCUT2D eigenvalue weighted by atomic mass is 35.5. The monoisotopic (exact) mass is 572 g/mol. The largest absolute Gasteiger partial charge is 0.316 e. The van der Waals surface area contributed by atoms with Crippen molar-refractivity contribution in [2.45, 2.75) is 30.1 Å². The van der Waals surface area contributed by atoms with Crippen molar-refractivity contribution in [1.82, 2.24) is 18.7 Å². The Kier molecular flexibility index (Phi) is 6.65. The first-order valence-electron chi connectivity index (χ1n) is 13.1. The second-order valence-electron chi connectivity index (χ2n) is 10.6. The van der Waals surface area contributed by atoms with Gasteiger partial charge in [0.05, 0.1) is 22.3 Å². The van der Waals surface area contributed by atoms with Crippen LogP contribution in [0.25, 0.3) is 16.6 Å². The van der Waals surface area contributed by atoms with Gasteiger partial charge in [-0.3, -0.25) is 4.79 Å². The molecule has 3 aromatic carbocycles. The van der Waals surface area contributed by atoms with Gasteiger partial charge in [-0.1, -0.05) is 48.0 Å². The summed E-state index contributed by atoms with van der Waals surface area (Å²) in [6.07, 6.45) is 4.99. The maximum Gasteiger partial charge on any atom is 0.250 e. The molecule has 1 fully saturated rings. The predicted octanol–water partition coefficient (Wildman–Crippen LogP) is 5.26. The van der Waals surface area contributed by atoms with Gasteiger partial charge in [0.25, 0.3) is 0 Å². The molecular formula is C31H29ClN4O3S. The van der Waals surface area contributed by atoms with Crippen LogP contribution in [0.1, 0.15) is 23.1 Å². The van der Waals surface area contributed by atoms with Gasteiger partial charge in [-0.05, 0) is 72.9 Å². The van der Waals surface area contributed by atoms with Gasteiger partial charge >= 0.3 is 0 Å². The Balaban J connectivity index is 1.45. The summed E-state index contributed by atoms with van der Waals surface area (Å²) in [7, 11) is -2.00. The van der Waals surface area contributed by atoms with Crippen LogP contribution in [0.4, 0.5) is 0 Å². The van der Waals surface area contributed by atoms with Crippen molar-refractivity contribution in [1.29, 1.82) is 0 Å². The zero-order chi connectivity index (χ0) is 28.1. The van der Waals surface area contributed by atoms with Crippen molar-refractivity contribution in [2.75, 3.05) is 13.1 Å². The molecule has 1 aliphatic rings. The number of benzene rings is 3. The van der Waals surface area contributed by atoms with Crippen LogP contribution in [-0.2, 0) is 28.9 Å². The minimum Gasteiger partial charge on any atom is -0.316 e. The van der Waals surface area contributed by atoms with Gasteiger partial charge in [0.1, 0.15) is 0 Å². The van der Waals surface area contributed by atoms with E-state index in [9.17, 15) is 13.2 Å². The van der Waals surface area contributed by atoms with Crippen LogP contribution < -0.4 is 5.56 Å². The Morgan fingerprint density at radius 1 is 1.00 bits per heavy atom. The predicted molar refractivity (Wildman–Crippen MR) is 158 cm³/mol. The lowest BCUT2D eigenvalue weighted by atomic mass is 9.73. The van der Waals surface area contributed by atoms with Crippen molar-refractivity contribution in [3.8, 4) is 5.69 Å². The summed E-state index contributed by atoms with van der Waals surface area (Å²) < 4.78 is 32.4. The summed E-state index contributed by atoms with van der Waals surface area (Å²) in [6.45, 7) is 2.85. The first-order valence-corrected chi connectivity index (χ1v) is 14.9. The molecular weight excluding hydrogens is 544 g/mol. The maximum atomic E-state index is 13.7. The minimum absolute atomic E-state index is 0.0833. The molecule has 1 unspecified atom stereocenters. The van der Waals surface area contributed by atoms with E-state index in [-0.39, 0.29) is 10.5 Å². The number of nitrogens with zero attached hydrogens (tertiary/aromatic N) is 4. The average Bonchev–Trinajstić information content (AvgIpc) is 3.56. The van der Waals surface area contributed by atoms with E-state index in [2.05, 4.69) is 36.3 Å². The zero-order valence-corrected chi connectivity index (χ0v) is 23.9. The molecule has 0 radical (unpaired) electrons. The van der Waals surface area contributed by atoms with Gasteiger partial charge in [-0.2, -0.15) is 9.40 Å². The van der Waals surface area contributed by atoms with Crippen LogP contribution in [0, 0.1) is 6.92 Å². The number of pyridine rings is 1. The van der Waals surface area contributed by atoms with Crippen LogP contribution in [0.2, 0.25) is 5.02 Å². The van der Waals surface area contributed by atoms with E-state index in [4.69, 9.17) is 11.6 Å². The highest BCUT2D eigenvalue weighted by Gasteiger charge is 2.45. The van der Waals surface area contributed by atoms with Crippen molar-refractivity contribution in [3.05, 3.63) is 123 Å². The number of hydrogen-bond donors (Lipinski definition) is 0. The third kappa shape index (κ3) is 4.66. The highest BCUT2D eigenvalue weighted by Crippen LogP contribution is 2.42. The van der Waals surface area contributed by atoms with E-state index < -0.39 is 15.4 Å². The number of halogens is 1. The van der Waals surface area contributed by atoms with Gasteiger partial charge in [0.15, 0.2) is 0 Å². The van der Waals surface area contributed by atoms with Crippen molar-refractivity contribution >= 4 is 32.5 Å². The van der Waals surface area contributed by atoms with Crippen LogP contribution in [0.3, 0.4) is 0 Å². The fourth-order valence-electron chi connectivity index (χ4n) is 5.92. The van der Waals surface area contributed by atoms with Gasteiger partial charge < -0.3 is 4.57 Å². The van der Waals surface area contributed by atoms with Crippen LogP contribution in [-0.4, -0.2) is 40.2 Å². The van der Waals surface area contributed by atoms with Crippen molar-refractivity contribution in [3.63, 3.8) is 0 Å². The third-order valence-corrected chi connectivity index (χ3v) is 10.0. The molecule has 0 bridgehead atoms. The molecule has 6 rings (SSSR count). The quantitative estimate of drug-likeness (QED) is 0.278. The van der Waals surface area contributed by atoms with Crippen LogP contribution in [0.5, 0.6) is 0 Å². The number of rotatable bonds is 6. The molecule has 0 aliphatic carbocycles. The van der Waals surface area contributed by atoms with E-state index in [1.807, 2.05) is 29.1 Å². The van der Waals surface area contributed by atoms with Crippen molar-refractivity contribution in [2.24, 2.45) is 7.05 Å². The Bertz CT molecular complexity index is 1900. The second kappa shape index (κ2) is 10.0. The van der Waals surface area contributed by atoms with E-state index in [0.717, 1.165) is 33.3 Å². The fraction of sp³-hybridized carbons (Fsp3) is 0.226. The third-order valence-electron chi connectivity index (χ3n) is 7.94. The smallest absolute Gasteiger partial charge is 0.250 e. The molecule has 0 N–H and O–H groups in total. The molecule has 1 aliphatic heterocycles. The Morgan fingerprint density at radius 2 is 1.80 bits per heavy atom. The molecule has 7 nitrogen and oxygen atoms in total. The Morgan fingerprint density at radius 3 is 2.55 bits per heavy atom. The van der Waals surface area contributed by atoms with E-state index in [1.54, 1.807) is 41.8 Å². The number of hydrogen-bond acceptors (Lipinski definition) is 4. The molecule has 0 spiro atoms. The first-order chi connectivity index (χ1) is 19.2. The molecule has 9 heteroatoms. The van der Waals surface area contributed by atoms with Crippen LogP contribution >= 0.6 is 11.6 Å². The van der Waals surface area contributed by atoms with Gasteiger partial charge in [0.2, 0.25) is 15.6 Å². The van der Waals surface area contributed by atoms with Gasteiger partial charge in [0, 0.05) is 48.2 Å². The molecule has 5 aromatic rings. The molecule has 1 saturated heterocycles. The molecule has 3 heterocycles. The zero-order valence-electron chi connectivity index (χ0n) is 22.3. The summed E-state index contributed by atoms with van der Waals surface area (Å²) in [5.41, 5.74) is 4.55. The van der Waals surface area contributed by atoms with E-state index >= 15 is 0 Å². The standard InChI is InChI=1S/C31H29ClN4O3S/c1-22-15-29-24(19-33-36(29)26-11-12-30(37)34(2)20-26)16-28(22)31(18-23-7-4-3-5-8-23)13-14-35(21-31)40(38,39)27-10-6-9-25(32)17-27/h3-12,15-17,19-20H,13-14,18,21H2,1-2H3. The molecule has 2 aromatic heterocycles. The van der Waals surface area contributed by atoms with Gasteiger partial charge in [-0.15, -0.1) is 0 Å². The Hall–Kier alpha value is -3.72. The summed E-state index contributed by atoms with van der Waals surface area (Å²) in [5, 5.41) is 5.99. The topological polar surface area (TPSA) is 77.2 Å². The molecule has 1 atom stereocenters.